The van der Waals surface area contributed by atoms with E-state index in [-0.39, 0.29) is 18.2 Å². The molecule has 132 valence electrons. The molecule has 1 unspecified atom stereocenters. The number of amides is 2. The summed E-state index contributed by atoms with van der Waals surface area (Å²) in [5.74, 6) is -0.530. The third-order valence-electron chi connectivity index (χ3n) is 5.11. The smallest absolute Gasteiger partial charge is 0.228 e. The van der Waals surface area contributed by atoms with E-state index in [0.29, 0.717) is 6.54 Å². The summed E-state index contributed by atoms with van der Waals surface area (Å²) in [5, 5.41) is 4.19. The molecule has 1 atom stereocenters. The maximum absolute atomic E-state index is 12.7. The van der Waals surface area contributed by atoms with Crippen molar-refractivity contribution in [1.82, 2.24) is 10.3 Å². The summed E-state index contributed by atoms with van der Waals surface area (Å²) in [6.07, 6.45) is 2.95. The molecule has 4 rings (SSSR count). The first-order chi connectivity index (χ1) is 12.6. The number of para-hydroxylation sites is 2. The van der Waals surface area contributed by atoms with E-state index in [1.807, 2.05) is 48.7 Å². The Morgan fingerprint density at radius 2 is 1.96 bits per heavy atom. The number of aromatic nitrogens is 1. The molecule has 1 aliphatic rings. The first kappa shape index (κ1) is 16.4. The molecule has 3 aromatic rings. The number of carbonyl (C=O) groups excluding carboxylic acids is 2. The van der Waals surface area contributed by atoms with Crippen molar-refractivity contribution in [2.24, 2.45) is 0 Å². The normalized spacial score (nSPS) is 16.6. The molecule has 2 aromatic carbocycles. The Balaban J connectivity index is 1.45. The third kappa shape index (κ3) is 2.86. The second-order valence-corrected chi connectivity index (χ2v) is 6.67. The fourth-order valence-corrected chi connectivity index (χ4v) is 3.66. The monoisotopic (exact) mass is 347 g/mol. The number of nitrogens with zero attached hydrogens (tertiary/aromatic N) is 1. The predicted octanol–water partition coefficient (Wildman–Crippen LogP) is 2.98. The van der Waals surface area contributed by atoms with Crippen LogP contribution >= 0.6 is 0 Å². The van der Waals surface area contributed by atoms with Gasteiger partial charge < -0.3 is 15.2 Å². The van der Waals surface area contributed by atoms with Crippen LogP contribution in [0.5, 0.6) is 0 Å². The number of hydrogen-bond donors (Lipinski definition) is 2. The van der Waals surface area contributed by atoms with Gasteiger partial charge in [-0.2, -0.15) is 0 Å². The van der Waals surface area contributed by atoms with Gasteiger partial charge in [-0.25, -0.2) is 0 Å². The molecule has 2 amide bonds. The van der Waals surface area contributed by atoms with E-state index in [2.05, 4.69) is 16.4 Å². The number of nitrogens with one attached hydrogen (secondary N) is 2. The Hall–Kier alpha value is -3.08. The molecule has 1 aromatic heterocycles. The lowest BCUT2D eigenvalue weighted by atomic mass is 9.89. The fourth-order valence-electron chi connectivity index (χ4n) is 3.66. The van der Waals surface area contributed by atoms with Gasteiger partial charge in [-0.05, 0) is 29.7 Å². The van der Waals surface area contributed by atoms with Gasteiger partial charge in [0.1, 0.15) is 0 Å². The molecule has 1 aliphatic heterocycles. The Bertz CT molecular complexity index is 976. The number of fused-ring (bicyclic) bond motifs is 2. The lowest BCUT2D eigenvalue weighted by molar-refractivity contribution is -0.127. The maximum atomic E-state index is 12.7. The van der Waals surface area contributed by atoms with Crippen LogP contribution in [0.3, 0.4) is 0 Å². The summed E-state index contributed by atoms with van der Waals surface area (Å²) >= 11 is 0. The molecular weight excluding hydrogens is 326 g/mol. The van der Waals surface area contributed by atoms with Crippen LogP contribution in [0.15, 0.2) is 54.7 Å². The topological polar surface area (TPSA) is 65.2 Å². The highest BCUT2D eigenvalue weighted by Crippen LogP contribution is 2.35. The molecule has 0 aliphatic carbocycles. The molecule has 5 nitrogen and oxygen atoms in total. The van der Waals surface area contributed by atoms with Crippen molar-refractivity contribution in [3.8, 4) is 0 Å². The van der Waals surface area contributed by atoms with Crippen molar-refractivity contribution in [2.45, 2.75) is 18.8 Å². The van der Waals surface area contributed by atoms with Crippen molar-refractivity contribution >= 4 is 28.4 Å². The number of rotatable bonds is 4. The minimum atomic E-state index is -0.419. The molecule has 0 saturated heterocycles. The minimum absolute atomic E-state index is 0.0273. The van der Waals surface area contributed by atoms with Gasteiger partial charge in [0.25, 0.3) is 0 Å². The third-order valence-corrected chi connectivity index (χ3v) is 5.11. The van der Waals surface area contributed by atoms with Crippen LogP contribution in [0.1, 0.15) is 23.5 Å². The summed E-state index contributed by atoms with van der Waals surface area (Å²) in [6, 6.07) is 15.8. The largest absolute Gasteiger partial charge is 0.361 e. The van der Waals surface area contributed by atoms with Crippen molar-refractivity contribution in [1.29, 1.82) is 0 Å². The van der Waals surface area contributed by atoms with Crippen molar-refractivity contribution in [3.63, 3.8) is 0 Å². The summed E-state index contributed by atoms with van der Waals surface area (Å²) in [7, 11) is 1.76. The average molecular weight is 347 g/mol. The quantitative estimate of drug-likeness (QED) is 0.762. The van der Waals surface area contributed by atoms with Crippen LogP contribution in [0.25, 0.3) is 10.9 Å². The van der Waals surface area contributed by atoms with E-state index in [9.17, 15) is 9.59 Å². The lowest BCUT2D eigenvalue weighted by Gasteiger charge is -2.30. The summed E-state index contributed by atoms with van der Waals surface area (Å²) < 4.78 is 0. The van der Waals surface area contributed by atoms with Crippen molar-refractivity contribution in [3.05, 3.63) is 65.9 Å². The van der Waals surface area contributed by atoms with E-state index < -0.39 is 5.92 Å². The highest BCUT2D eigenvalue weighted by molar-refractivity contribution is 6.02. The molecular formula is C21H21N3O2. The molecule has 2 heterocycles. The van der Waals surface area contributed by atoms with E-state index in [0.717, 1.165) is 23.2 Å². The Morgan fingerprint density at radius 1 is 1.19 bits per heavy atom. The molecule has 2 N–H and O–H groups in total. The van der Waals surface area contributed by atoms with Crippen LogP contribution in [-0.4, -0.2) is 30.4 Å². The SMILES string of the molecule is CN1C(=O)CC(C(=O)NCCc2c[nH]c3ccccc23)c2ccccc21. The zero-order valence-corrected chi connectivity index (χ0v) is 14.7. The van der Waals surface area contributed by atoms with Gasteiger partial charge in [-0.3, -0.25) is 9.59 Å². The van der Waals surface area contributed by atoms with Crippen LogP contribution in [0.2, 0.25) is 0 Å². The van der Waals surface area contributed by atoms with Crippen LogP contribution in [0.4, 0.5) is 5.69 Å². The Labute approximate surface area is 152 Å². The van der Waals surface area contributed by atoms with E-state index in [4.69, 9.17) is 0 Å². The van der Waals surface area contributed by atoms with Gasteiger partial charge in [0.2, 0.25) is 11.8 Å². The van der Waals surface area contributed by atoms with Gasteiger partial charge in [0.05, 0.1) is 5.92 Å². The average Bonchev–Trinajstić information content (AvgIpc) is 3.08. The maximum Gasteiger partial charge on any atom is 0.228 e. The van der Waals surface area contributed by atoms with Crippen molar-refractivity contribution < 1.29 is 9.59 Å². The molecule has 5 heteroatoms. The zero-order chi connectivity index (χ0) is 18.1. The van der Waals surface area contributed by atoms with Crippen molar-refractivity contribution in [2.75, 3.05) is 18.5 Å². The highest BCUT2D eigenvalue weighted by atomic mass is 16.2. The molecule has 0 saturated carbocycles. The molecule has 0 bridgehead atoms. The second-order valence-electron chi connectivity index (χ2n) is 6.67. The van der Waals surface area contributed by atoms with Gasteiger partial charge in [-0.15, -0.1) is 0 Å². The number of benzene rings is 2. The van der Waals surface area contributed by atoms with Crippen LogP contribution in [-0.2, 0) is 16.0 Å². The van der Waals surface area contributed by atoms with E-state index in [1.54, 1.807) is 11.9 Å². The molecule has 0 fully saturated rings. The van der Waals surface area contributed by atoms with E-state index in [1.165, 1.54) is 10.9 Å². The summed E-state index contributed by atoms with van der Waals surface area (Å²) in [4.78, 5) is 29.8. The number of aromatic amines is 1. The Kier molecular flexibility index (Phi) is 4.21. The Morgan fingerprint density at radius 3 is 2.85 bits per heavy atom. The zero-order valence-electron chi connectivity index (χ0n) is 14.7. The summed E-state index contributed by atoms with van der Waals surface area (Å²) in [6.45, 7) is 0.545. The predicted molar refractivity (Wildman–Crippen MR) is 102 cm³/mol. The number of hydrogen-bond acceptors (Lipinski definition) is 2. The molecule has 0 spiro atoms. The highest BCUT2D eigenvalue weighted by Gasteiger charge is 2.33. The first-order valence-corrected chi connectivity index (χ1v) is 8.83. The first-order valence-electron chi connectivity index (χ1n) is 8.83. The van der Waals surface area contributed by atoms with Gasteiger partial charge in [-0.1, -0.05) is 36.4 Å². The minimum Gasteiger partial charge on any atom is -0.361 e. The number of anilines is 1. The van der Waals surface area contributed by atoms with Gasteiger partial charge in [0, 0.05) is 42.8 Å². The van der Waals surface area contributed by atoms with Crippen LogP contribution < -0.4 is 10.2 Å². The fraction of sp³-hybridized carbons (Fsp3) is 0.238. The number of carbonyl (C=O) groups is 2. The molecule has 0 radical (unpaired) electrons. The summed E-state index contributed by atoms with van der Waals surface area (Å²) in [5.41, 5.74) is 4.02. The van der Waals surface area contributed by atoms with Crippen LogP contribution in [0, 0.1) is 0 Å². The number of H-pyrrole nitrogens is 1. The standard InChI is InChI=1S/C21H21N3O2/c1-24-19-9-5-3-7-16(19)17(12-20(24)25)21(26)22-11-10-14-13-23-18-8-4-2-6-15(14)18/h2-9,13,17,23H,10-12H2,1H3,(H,22,26). The second kappa shape index (κ2) is 6.67. The van der Waals surface area contributed by atoms with Gasteiger partial charge >= 0.3 is 0 Å². The molecule has 26 heavy (non-hydrogen) atoms. The lowest BCUT2D eigenvalue weighted by Crippen LogP contribution is -2.39. The van der Waals surface area contributed by atoms with E-state index >= 15 is 0 Å². The van der Waals surface area contributed by atoms with Gasteiger partial charge in [0.15, 0.2) is 0 Å².